The molecule has 1 atom stereocenters. The lowest BCUT2D eigenvalue weighted by molar-refractivity contribution is 0.300. The summed E-state index contributed by atoms with van der Waals surface area (Å²) in [5, 5.41) is 3.23. The van der Waals surface area contributed by atoms with Crippen molar-refractivity contribution in [1.82, 2.24) is 9.62 Å². The molecule has 0 radical (unpaired) electrons. The van der Waals surface area contributed by atoms with Gasteiger partial charge in [0.25, 0.3) is 10.0 Å². The fourth-order valence-electron chi connectivity index (χ4n) is 1.92. The predicted molar refractivity (Wildman–Crippen MR) is 72.9 cm³/mol. The van der Waals surface area contributed by atoms with E-state index in [-0.39, 0.29) is 6.04 Å². The number of piperidine rings is 1. The summed E-state index contributed by atoms with van der Waals surface area (Å²) in [5.74, 6) is 0. The van der Waals surface area contributed by atoms with Crippen LogP contribution < -0.4 is 5.32 Å². The van der Waals surface area contributed by atoms with Crippen LogP contribution in [0.5, 0.6) is 0 Å². The average molecular weight is 339 g/mol. The molecule has 1 aliphatic heterocycles. The number of halogens is 1. The molecule has 0 spiro atoms. The molecule has 0 unspecified atom stereocenters. The molecule has 4 nitrogen and oxygen atoms in total. The Hall–Kier alpha value is 0.0500. The molecule has 0 saturated carbocycles. The minimum Gasteiger partial charge on any atom is -0.315 e. The smallest absolute Gasteiger partial charge is 0.252 e. The minimum absolute atomic E-state index is 0.0645. The maximum absolute atomic E-state index is 12.3. The minimum atomic E-state index is -3.34. The van der Waals surface area contributed by atoms with Crippen molar-refractivity contribution in [3.63, 3.8) is 0 Å². The Morgan fingerprint density at radius 3 is 2.82 bits per heavy atom. The van der Waals surface area contributed by atoms with Crippen molar-refractivity contribution in [1.29, 1.82) is 0 Å². The molecule has 0 amide bonds. The van der Waals surface area contributed by atoms with Crippen molar-refractivity contribution in [2.75, 3.05) is 20.1 Å². The Bertz CT molecular complexity index is 480. The summed E-state index contributed by atoms with van der Waals surface area (Å²) in [7, 11) is -1.67. The van der Waals surface area contributed by atoms with E-state index in [0.29, 0.717) is 4.21 Å². The lowest BCUT2D eigenvalue weighted by atomic mass is 10.1. The van der Waals surface area contributed by atoms with Crippen molar-refractivity contribution >= 4 is 37.3 Å². The zero-order chi connectivity index (χ0) is 12.5. The van der Waals surface area contributed by atoms with Gasteiger partial charge in [-0.25, -0.2) is 8.42 Å². The van der Waals surface area contributed by atoms with Crippen LogP contribution in [0.1, 0.15) is 12.8 Å². The van der Waals surface area contributed by atoms with E-state index in [2.05, 4.69) is 21.2 Å². The molecule has 1 N–H and O–H groups in total. The van der Waals surface area contributed by atoms with Crippen LogP contribution in [-0.4, -0.2) is 38.9 Å². The molecule has 1 aliphatic rings. The van der Waals surface area contributed by atoms with Crippen LogP contribution in [0.25, 0.3) is 0 Å². The van der Waals surface area contributed by atoms with E-state index < -0.39 is 10.0 Å². The van der Waals surface area contributed by atoms with E-state index in [9.17, 15) is 8.42 Å². The van der Waals surface area contributed by atoms with Gasteiger partial charge in [0.15, 0.2) is 0 Å². The summed E-state index contributed by atoms with van der Waals surface area (Å²) in [5.41, 5.74) is 0. The molecule has 96 valence electrons. The highest BCUT2D eigenvalue weighted by Gasteiger charge is 2.29. The molecule has 0 aliphatic carbocycles. The number of nitrogens with zero attached hydrogens (tertiary/aromatic N) is 1. The van der Waals surface area contributed by atoms with Crippen LogP contribution in [0, 0.1) is 0 Å². The molecule has 1 aromatic heterocycles. The first-order valence-corrected chi connectivity index (χ1v) is 8.51. The summed E-state index contributed by atoms with van der Waals surface area (Å²) >= 11 is 4.55. The van der Waals surface area contributed by atoms with E-state index in [0.717, 1.165) is 29.7 Å². The summed E-state index contributed by atoms with van der Waals surface area (Å²) in [6, 6.07) is 3.48. The first-order valence-electron chi connectivity index (χ1n) is 5.46. The van der Waals surface area contributed by atoms with Crippen molar-refractivity contribution in [2.45, 2.75) is 23.1 Å². The van der Waals surface area contributed by atoms with Crippen molar-refractivity contribution in [3.8, 4) is 0 Å². The van der Waals surface area contributed by atoms with Crippen LogP contribution in [0.2, 0.25) is 0 Å². The molecular formula is C10H15BrN2O2S2. The van der Waals surface area contributed by atoms with Gasteiger partial charge in [-0.1, -0.05) is 0 Å². The Morgan fingerprint density at radius 1 is 1.53 bits per heavy atom. The normalized spacial score (nSPS) is 21.9. The number of nitrogens with one attached hydrogen (secondary N) is 1. The summed E-state index contributed by atoms with van der Waals surface area (Å²) < 4.78 is 27.4. The van der Waals surface area contributed by atoms with Gasteiger partial charge in [-0.3, -0.25) is 0 Å². The fraction of sp³-hybridized carbons (Fsp3) is 0.600. The summed E-state index contributed by atoms with van der Waals surface area (Å²) in [4.78, 5) is 0. The summed E-state index contributed by atoms with van der Waals surface area (Å²) in [6.07, 6.45) is 1.95. The van der Waals surface area contributed by atoms with Gasteiger partial charge in [-0.2, -0.15) is 4.31 Å². The second-order valence-corrected chi connectivity index (χ2v) is 8.77. The van der Waals surface area contributed by atoms with E-state index >= 15 is 0 Å². The van der Waals surface area contributed by atoms with Crippen LogP contribution in [0.3, 0.4) is 0 Å². The van der Waals surface area contributed by atoms with Crippen molar-refractivity contribution in [3.05, 3.63) is 15.9 Å². The Labute approximate surface area is 114 Å². The number of sulfonamides is 1. The van der Waals surface area contributed by atoms with Crippen molar-refractivity contribution in [2.24, 2.45) is 0 Å². The topological polar surface area (TPSA) is 49.4 Å². The first kappa shape index (κ1) is 13.5. The van der Waals surface area contributed by atoms with Gasteiger partial charge < -0.3 is 5.32 Å². The summed E-state index contributed by atoms with van der Waals surface area (Å²) in [6.45, 7) is 1.72. The zero-order valence-corrected chi connectivity index (χ0v) is 12.7. The number of thiophene rings is 1. The van der Waals surface area contributed by atoms with Gasteiger partial charge in [0.1, 0.15) is 4.21 Å². The van der Waals surface area contributed by atoms with E-state index in [1.165, 1.54) is 15.6 Å². The molecule has 2 heterocycles. The molecule has 1 fully saturated rings. The molecule has 2 rings (SSSR count). The second kappa shape index (κ2) is 5.36. The lowest BCUT2D eigenvalue weighted by Gasteiger charge is -2.30. The highest BCUT2D eigenvalue weighted by atomic mass is 79.9. The average Bonchev–Trinajstić information content (AvgIpc) is 2.77. The molecule has 1 aromatic rings. The van der Waals surface area contributed by atoms with Gasteiger partial charge in [0, 0.05) is 19.6 Å². The predicted octanol–water partition coefficient (Wildman–Crippen LogP) is 1.88. The standard InChI is InChI=1S/C10H15BrN2O2S2/c1-13(8-3-2-6-12-7-8)17(14,15)10-5-4-9(11)16-10/h4-5,8,12H,2-3,6-7H2,1H3/t8-/m0/s1. The number of likely N-dealkylation sites (N-methyl/N-ethyl adjacent to an activating group) is 1. The van der Waals surface area contributed by atoms with Gasteiger partial charge in [-0.15, -0.1) is 11.3 Å². The number of hydrogen-bond donors (Lipinski definition) is 1. The van der Waals surface area contributed by atoms with E-state index in [1.807, 2.05) is 0 Å². The molecule has 0 bridgehead atoms. The highest BCUT2D eigenvalue weighted by molar-refractivity contribution is 9.11. The maximum Gasteiger partial charge on any atom is 0.252 e. The highest BCUT2D eigenvalue weighted by Crippen LogP contribution is 2.29. The Kier molecular flexibility index (Phi) is 4.25. The van der Waals surface area contributed by atoms with Gasteiger partial charge in [0.2, 0.25) is 0 Å². The molecule has 0 aromatic carbocycles. The number of rotatable bonds is 3. The van der Waals surface area contributed by atoms with E-state index in [4.69, 9.17) is 0 Å². The van der Waals surface area contributed by atoms with Gasteiger partial charge >= 0.3 is 0 Å². The van der Waals surface area contributed by atoms with Crippen LogP contribution in [0.15, 0.2) is 20.1 Å². The Morgan fingerprint density at radius 2 is 2.29 bits per heavy atom. The lowest BCUT2D eigenvalue weighted by Crippen LogP contribution is -2.46. The molecule has 7 heteroatoms. The number of hydrogen-bond acceptors (Lipinski definition) is 4. The molecule has 17 heavy (non-hydrogen) atoms. The molecular weight excluding hydrogens is 324 g/mol. The first-order chi connectivity index (χ1) is 8.01. The maximum atomic E-state index is 12.3. The second-order valence-electron chi connectivity index (χ2n) is 4.08. The quantitative estimate of drug-likeness (QED) is 0.915. The monoisotopic (exact) mass is 338 g/mol. The van der Waals surface area contributed by atoms with Gasteiger partial charge in [-0.05, 0) is 47.4 Å². The van der Waals surface area contributed by atoms with E-state index in [1.54, 1.807) is 19.2 Å². The third kappa shape index (κ3) is 2.90. The third-order valence-electron chi connectivity index (χ3n) is 2.97. The Balaban J connectivity index is 2.20. The van der Waals surface area contributed by atoms with Crippen molar-refractivity contribution < 1.29 is 8.42 Å². The van der Waals surface area contributed by atoms with Crippen LogP contribution in [-0.2, 0) is 10.0 Å². The van der Waals surface area contributed by atoms with Gasteiger partial charge in [0.05, 0.1) is 3.79 Å². The van der Waals surface area contributed by atoms with Crippen LogP contribution >= 0.6 is 27.3 Å². The zero-order valence-electron chi connectivity index (χ0n) is 9.52. The largest absolute Gasteiger partial charge is 0.315 e. The third-order valence-corrected chi connectivity index (χ3v) is 6.97. The SMILES string of the molecule is CN([C@H]1CCCNC1)S(=O)(=O)c1ccc(Br)s1. The van der Waals surface area contributed by atoms with Crippen LogP contribution in [0.4, 0.5) is 0 Å². The fourth-order valence-corrected chi connectivity index (χ4v) is 5.50. The molecule has 1 saturated heterocycles.